The van der Waals surface area contributed by atoms with Crippen molar-refractivity contribution in [2.45, 2.75) is 25.8 Å². The normalized spacial score (nSPS) is 18.2. The Bertz CT molecular complexity index is 482. The van der Waals surface area contributed by atoms with Crippen LogP contribution < -0.4 is 11.1 Å². The first kappa shape index (κ1) is 13.4. The van der Waals surface area contributed by atoms with E-state index >= 15 is 0 Å². The number of hydrogen-bond donors (Lipinski definition) is 3. The van der Waals surface area contributed by atoms with Crippen molar-refractivity contribution in [2.75, 3.05) is 0 Å². The molecule has 0 saturated heterocycles. The number of halogens is 1. The van der Waals surface area contributed by atoms with Gasteiger partial charge in [0.2, 0.25) is 5.91 Å². The number of hydrogen-bond acceptors (Lipinski definition) is 4. The fourth-order valence-electron chi connectivity index (χ4n) is 2.01. The topological polar surface area (TPSA) is 87.7 Å². The molecule has 1 fully saturated rings. The van der Waals surface area contributed by atoms with Crippen LogP contribution in [0.2, 0.25) is 0 Å². The van der Waals surface area contributed by atoms with Gasteiger partial charge >= 0.3 is 0 Å². The summed E-state index contributed by atoms with van der Waals surface area (Å²) >= 11 is 4.94. The second-order valence-corrected chi connectivity index (χ2v) is 6.86. The summed E-state index contributed by atoms with van der Waals surface area (Å²) in [5.74, 6) is -0.146. The number of amidine groups is 1. The molecule has 18 heavy (non-hydrogen) atoms. The van der Waals surface area contributed by atoms with Gasteiger partial charge in [-0.05, 0) is 40.9 Å². The lowest BCUT2D eigenvalue weighted by Gasteiger charge is -2.38. The Morgan fingerprint density at radius 2 is 2.33 bits per heavy atom. The smallest absolute Gasteiger partial charge is 0.234 e. The molecule has 1 amide bonds. The second-order valence-electron chi connectivity index (χ2n) is 4.31. The van der Waals surface area contributed by atoms with Gasteiger partial charge in [-0.1, -0.05) is 11.6 Å². The molecule has 2 rings (SSSR count). The number of nitrogens with two attached hydrogens (primary N) is 1. The maximum absolute atomic E-state index is 12.1. The molecule has 0 spiro atoms. The van der Waals surface area contributed by atoms with Gasteiger partial charge in [-0.15, -0.1) is 11.3 Å². The van der Waals surface area contributed by atoms with Gasteiger partial charge in [-0.25, -0.2) is 0 Å². The molecule has 1 saturated carbocycles. The molecular weight excluding hydrogens is 318 g/mol. The maximum Gasteiger partial charge on any atom is 0.234 e. The number of amides is 1. The molecule has 98 valence electrons. The zero-order chi connectivity index (χ0) is 13.2. The zero-order valence-corrected chi connectivity index (χ0v) is 12.1. The van der Waals surface area contributed by atoms with Gasteiger partial charge in [0.15, 0.2) is 5.84 Å². The second kappa shape index (κ2) is 5.27. The quantitative estimate of drug-likeness (QED) is 0.341. The van der Waals surface area contributed by atoms with Crippen LogP contribution in [0.1, 0.15) is 24.1 Å². The fourth-order valence-corrected chi connectivity index (χ4v) is 3.43. The Labute approximate surface area is 117 Å². The van der Waals surface area contributed by atoms with E-state index in [1.54, 1.807) is 11.3 Å². The SMILES string of the molecule is N/C(=N/O)C1(C(=O)NCc2ccc(Br)s2)CCC1. The summed E-state index contributed by atoms with van der Waals surface area (Å²) in [6.45, 7) is 0.468. The summed E-state index contributed by atoms with van der Waals surface area (Å²) in [6.07, 6.45) is 2.21. The van der Waals surface area contributed by atoms with E-state index in [9.17, 15) is 4.79 Å². The highest BCUT2D eigenvalue weighted by Crippen LogP contribution is 2.41. The molecule has 0 radical (unpaired) electrons. The number of carbonyl (C=O) groups is 1. The molecule has 1 aliphatic carbocycles. The summed E-state index contributed by atoms with van der Waals surface area (Å²) in [7, 11) is 0. The molecule has 0 aromatic carbocycles. The van der Waals surface area contributed by atoms with Gasteiger partial charge in [-0.3, -0.25) is 4.79 Å². The molecule has 5 nitrogen and oxygen atoms in total. The highest BCUT2D eigenvalue weighted by molar-refractivity contribution is 9.11. The number of thiophene rings is 1. The number of nitrogens with zero attached hydrogens (tertiary/aromatic N) is 1. The minimum absolute atomic E-state index is 0.0126. The summed E-state index contributed by atoms with van der Waals surface area (Å²) in [5, 5.41) is 14.6. The van der Waals surface area contributed by atoms with Crippen LogP contribution in [-0.4, -0.2) is 17.0 Å². The Balaban J connectivity index is 1.99. The molecular formula is C11H14BrN3O2S. The van der Waals surface area contributed by atoms with E-state index in [2.05, 4.69) is 26.4 Å². The molecule has 1 heterocycles. The molecule has 7 heteroatoms. The number of rotatable bonds is 4. The first-order valence-electron chi connectivity index (χ1n) is 5.59. The Morgan fingerprint density at radius 3 is 2.78 bits per heavy atom. The van der Waals surface area contributed by atoms with E-state index in [0.29, 0.717) is 19.4 Å². The lowest BCUT2D eigenvalue weighted by molar-refractivity contribution is -0.131. The van der Waals surface area contributed by atoms with Crippen molar-refractivity contribution < 1.29 is 10.0 Å². The van der Waals surface area contributed by atoms with Crippen LogP contribution in [0, 0.1) is 5.41 Å². The standard InChI is InChI=1S/C11H14BrN3O2S/c12-8-3-2-7(18-8)6-14-10(16)11(4-1-5-11)9(13)15-17/h2-3,17H,1,4-6H2,(H2,13,15)(H,14,16). The molecule has 1 aliphatic rings. The molecule has 1 aromatic rings. The van der Waals surface area contributed by atoms with E-state index in [-0.39, 0.29) is 11.7 Å². The van der Waals surface area contributed by atoms with Crippen LogP contribution in [0.4, 0.5) is 0 Å². The van der Waals surface area contributed by atoms with Gasteiger partial charge in [0.1, 0.15) is 5.41 Å². The average molecular weight is 332 g/mol. The van der Waals surface area contributed by atoms with Gasteiger partial charge in [0.05, 0.1) is 10.3 Å². The van der Waals surface area contributed by atoms with Crippen molar-refractivity contribution in [1.29, 1.82) is 0 Å². The molecule has 0 unspecified atom stereocenters. The fraction of sp³-hybridized carbons (Fsp3) is 0.455. The van der Waals surface area contributed by atoms with E-state index in [4.69, 9.17) is 10.9 Å². The summed E-state index contributed by atoms with van der Waals surface area (Å²) in [4.78, 5) is 13.2. The largest absolute Gasteiger partial charge is 0.409 e. The highest BCUT2D eigenvalue weighted by Gasteiger charge is 2.48. The Morgan fingerprint density at radius 1 is 1.61 bits per heavy atom. The monoisotopic (exact) mass is 331 g/mol. The molecule has 1 aromatic heterocycles. The molecule has 4 N–H and O–H groups in total. The summed E-state index contributed by atoms with van der Waals surface area (Å²) in [5.41, 5.74) is 4.82. The summed E-state index contributed by atoms with van der Waals surface area (Å²) < 4.78 is 1.03. The van der Waals surface area contributed by atoms with Crippen LogP contribution in [0.5, 0.6) is 0 Å². The number of oxime groups is 1. The van der Waals surface area contributed by atoms with Crippen molar-refractivity contribution >= 4 is 39.0 Å². The van der Waals surface area contributed by atoms with Crippen LogP contribution in [-0.2, 0) is 11.3 Å². The number of carbonyl (C=O) groups excluding carboxylic acids is 1. The van der Waals surface area contributed by atoms with Crippen molar-refractivity contribution in [3.63, 3.8) is 0 Å². The average Bonchev–Trinajstić information content (AvgIpc) is 2.70. The number of nitrogens with one attached hydrogen (secondary N) is 1. The maximum atomic E-state index is 12.1. The van der Waals surface area contributed by atoms with Crippen LogP contribution in [0.15, 0.2) is 21.1 Å². The predicted octanol–water partition coefficient (Wildman–Crippen LogP) is 2.04. The highest BCUT2D eigenvalue weighted by atomic mass is 79.9. The minimum Gasteiger partial charge on any atom is -0.409 e. The first-order chi connectivity index (χ1) is 8.58. The van der Waals surface area contributed by atoms with Crippen molar-refractivity contribution in [3.8, 4) is 0 Å². The third-order valence-corrected chi connectivity index (χ3v) is 4.92. The lowest BCUT2D eigenvalue weighted by atomic mass is 9.67. The summed E-state index contributed by atoms with van der Waals surface area (Å²) in [6, 6.07) is 3.89. The predicted molar refractivity (Wildman–Crippen MR) is 73.6 cm³/mol. The van der Waals surface area contributed by atoms with Gasteiger partial charge in [-0.2, -0.15) is 0 Å². The third-order valence-electron chi connectivity index (χ3n) is 3.29. The van der Waals surface area contributed by atoms with Crippen molar-refractivity contribution in [2.24, 2.45) is 16.3 Å². The Hall–Kier alpha value is -1.08. The van der Waals surface area contributed by atoms with E-state index in [0.717, 1.165) is 15.1 Å². The minimum atomic E-state index is -0.802. The first-order valence-corrected chi connectivity index (χ1v) is 7.20. The molecule has 0 aliphatic heterocycles. The van der Waals surface area contributed by atoms with Gasteiger partial charge in [0, 0.05) is 4.88 Å². The van der Waals surface area contributed by atoms with Crippen LogP contribution in [0.3, 0.4) is 0 Å². The van der Waals surface area contributed by atoms with E-state index in [1.165, 1.54) is 0 Å². The molecule has 0 atom stereocenters. The van der Waals surface area contributed by atoms with Crippen molar-refractivity contribution in [1.82, 2.24) is 5.32 Å². The van der Waals surface area contributed by atoms with Crippen LogP contribution in [0.25, 0.3) is 0 Å². The Kier molecular flexibility index (Phi) is 3.91. The van der Waals surface area contributed by atoms with Gasteiger partial charge < -0.3 is 16.3 Å². The molecule has 0 bridgehead atoms. The lowest BCUT2D eigenvalue weighted by Crippen LogP contribution is -2.53. The van der Waals surface area contributed by atoms with E-state index < -0.39 is 5.41 Å². The van der Waals surface area contributed by atoms with Gasteiger partial charge in [0.25, 0.3) is 0 Å². The van der Waals surface area contributed by atoms with E-state index in [1.807, 2.05) is 12.1 Å². The zero-order valence-electron chi connectivity index (χ0n) is 9.65. The third kappa shape index (κ3) is 2.37. The van der Waals surface area contributed by atoms with Crippen LogP contribution >= 0.6 is 27.3 Å². The van der Waals surface area contributed by atoms with Crippen molar-refractivity contribution in [3.05, 3.63) is 20.8 Å².